The first kappa shape index (κ1) is 17.1. The molecule has 0 N–H and O–H groups in total. The molecule has 2 aliphatic heterocycles. The summed E-state index contributed by atoms with van der Waals surface area (Å²) in [7, 11) is 0. The fraction of sp³-hybridized carbons (Fsp3) is 0.474. The van der Waals surface area contributed by atoms with Crippen molar-refractivity contribution in [3.63, 3.8) is 0 Å². The van der Waals surface area contributed by atoms with Gasteiger partial charge in [0.2, 0.25) is 0 Å². The maximum atomic E-state index is 12.4. The van der Waals surface area contributed by atoms with Crippen molar-refractivity contribution in [2.45, 2.75) is 38.1 Å². The Kier molecular flexibility index (Phi) is 4.65. The van der Waals surface area contributed by atoms with Crippen LogP contribution in [0, 0.1) is 6.92 Å². The molecule has 26 heavy (non-hydrogen) atoms. The number of pyridine rings is 1. The van der Waals surface area contributed by atoms with Crippen molar-refractivity contribution < 1.29 is 14.3 Å². The van der Waals surface area contributed by atoms with Crippen LogP contribution in [0.3, 0.4) is 0 Å². The zero-order valence-corrected chi connectivity index (χ0v) is 14.8. The van der Waals surface area contributed by atoms with E-state index in [9.17, 15) is 4.79 Å². The fourth-order valence-electron chi connectivity index (χ4n) is 3.59. The smallest absolute Gasteiger partial charge is 0.274 e. The van der Waals surface area contributed by atoms with E-state index in [-0.39, 0.29) is 17.6 Å². The molecule has 2 aliphatic rings. The van der Waals surface area contributed by atoms with E-state index < -0.39 is 0 Å². The first-order valence-corrected chi connectivity index (χ1v) is 8.87. The third-order valence-corrected chi connectivity index (χ3v) is 4.89. The lowest BCUT2D eigenvalue weighted by Crippen LogP contribution is -2.67. The highest BCUT2D eigenvalue weighted by Crippen LogP contribution is 2.36. The zero-order chi connectivity index (χ0) is 18.0. The number of carbonyl (C=O) groups is 1. The van der Waals surface area contributed by atoms with Crippen LogP contribution >= 0.6 is 0 Å². The third-order valence-electron chi connectivity index (χ3n) is 4.89. The summed E-state index contributed by atoms with van der Waals surface area (Å²) >= 11 is 0. The number of rotatable bonds is 4. The SMILES string of the molecule is Cc1cccc(CO[C@H]2CCOC3(C2)CN(C(=O)c2cnccn2)C3)n1. The lowest BCUT2D eigenvalue weighted by molar-refractivity contribution is -0.188. The van der Waals surface area contributed by atoms with Crippen LogP contribution in [0.2, 0.25) is 0 Å². The van der Waals surface area contributed by atoms with E-state index in [0.29, 0.717) is 32.0 Å². The molecule has 7 nitrogen and oxygen atoms in total. The van der Waals surface area contributed by atoms with Crippen molar-refractivity contribution in [3.05, 3.63) is 53.9 Å². The van der Waals surface area contributed by atoms with Crippen LogP contribution in [0.5, 0.6) is 0 Å². The molecule has 2 aromatic heterocycles. The van der Waals surface area contributed by atoms with Crippen molar-refractivity contribution in [3.8, 4) is 0 Å². The van der Waals surface area contributed by atoms with Gasteiger partial charge in [-0.1, -0.05) is 6.07 Å². The zero-order valence-electron chi connectivity index (χ0n) is 14.8. The molecule has 0 aromatic carbocycles. The van der Waals surface area contributed by atoms with Crippen LogP contribution in [-0.2, 0) is 16.1 Å². The predicted octanol–water partition coefficient (Wildman–Crippen LogP) is 1.77. The number of hydrogen-bond donors (Lipinski definition) is 0. The molecule has 7 heteroatoms. The fourth-order valence-corrected chi connectivity index (χ4v) is 3.59. The Balaban J connectivity index is 1.31. The minimum Gasteiger partial charge on any atom is -0.372 e. The van der Waals surface area contributed by atoms with Crippen LogP contribution in [0.1, 0.15) is 34.7 Å². The Morgan fingerprint density at radius 3 is 3.04 bits per heavy atom. The van der Waals surface area contributed by atoms with Gasteiger partial charge in [0, 0.05) is 31.1 Å². The van der Waals surface area contributed by atoms with Gasteiger partial charge in [-0.15, -0.1) is 0 Å². The molecule has 4 heterocycles. The van der Waals surface area contributed by atoms with Crippen molar-refractivity contribution in [1.82, 2.24) is 19.9 Å². The van der Waals surface area contributed by atoms with E-state index in [2.05, 4.69) is 15.0 Å². The van der Waals surface area contributed by atoms with Crippen molar-refractivity contribution in [1.29, 1.82) is 0 Å². The van der Waals surface area contributed by atoms with E-state index in [0.717, 1.165) is 24.2 Å². The number of hydrogen-bond acceptors (Lipinski definition) is 6. The Morgan fingerprint density at radius 1 is 1.38 bits per heavy atom. The first-order chi connectivity index (χ1) is 12.6. The quantitative estimate of drug-likeness (QED) is 0.833. The highest BCUT2D eigenvalue weighted by atomic mass is 16.5. The third kappa shape index (κ3) is 3.59. The Labute approximate surface area is 152 Å². The maximum Gasteiger partial charge on any atom is 0.274 e. The van der Waals surface area contributed by atoms with E-state index in [1.54, 1.807) is 11.1 Å². The number of nitrogens with zero attached hydrogens (tertiary/aromatic N) is 4. The minimum absolute atomic E-state index is 0.0978. The van der Waals surface area contributed by atoms with Gasteiger partial charge in [0.15, 0.2) is 0 Å². The molecular formula is C19H22N4O3. The molecular weight excluding hydrogens is 332 g/mol. The van der Waals surface area contributed by atoms with Gasteiger partial charge in [-0.2, -0.15) is 0 Å². The summed E-state index contributed by atoms with van der Waals surface area (Å²) in [5, 5.41) is 0. The summed E-state index contributed by atoms with van der Waals surface area (Å²) in [4.78, 5) is 26.7. The first-order valence-electron chi connectivity index (χ1n) is 8.87. The summed E-state index contributed by atoms with van der Waals surface area (Å²) in [6.45, 7) is 4.28. The minimum atomic E-state index is -0.291. The molecule has 2 aromatic rings. The van der Waals surface area contributed by atoms with Gasteiger partial charge in [-0.05, 0) is 25.5 Å². The van der Waals surface area contributed by atoms with Crippen LogP contribution in [-0.4, -0.2) is 57.2 Å². The molecule has 4 rings (SSSR count). The number of aryl methyl sites for hydroxylation is 1. The topological polar surface area (TPSA) is 77.4 Å². The molecule has 1 amide bonds. The van der Waals surface area contributed by atoms with E-state index in [1.807, 2.05) is 25.1 Å². The van der Waals surface area contributed by atoms with Crippen molar-refractivity contribution in [2.24, 2.45) is 0 Å². The Hall–Kier alpha value is -2.38. The second kappa shape index (κ2) is 7.09. The Bertz CT molecular complexity index is 777. The van der Waals surface area contributed by atoms with Crippen LogP contribution in [0.4, 0.5) is 0 Å². The average molecular weight is 354 g/mol. The van der Waals surface area contributed by atoms with Gasteiger partial charge >= 0.3 is 0 Å². The van der Waals surface area contributed by atoms with Crippen LogP contribution in [0.25, 0.3) is 0 Å². The van der Waals surface area contributed by atoms with Crippen LogP contribution < -0.4 is 0 Å². The predicted molar refractivity (Wildman–Crippen MR) is 93.4 cm³/mol. The number of aromatic nitrogens is 3. The maximum absolute atomic E-state index is 12.4. The second-order valence-corrected chi connectivity index (χ2v) is 6.98. The average Bonchev–Trinajstić information content (AvgIpc) is 2.65. The van der Waals surface area contributed by atoms with Crippen molar-refractivity contribution in [2.75, 3.05) is 19.7 Å². The molecule has 0 radical (unpaired) electrons. The monoisotopic (exact) mass is 354 g/mol. The lowest BCUT2D eigenvalue weighted by Gasteiger charge is -2.52. The summed E-state index contributed by atoms with van der Waals surface area (Å²) in [5.41, 5.74) is 2.02. The molecule has 2 saturated heterocycles. The summed E-state index contributed by atoms with van der Waals surface area (Å²) in [6.07, 6.45) is 6.37. The lowest BCUT2D eigenvalue weighted by atomic mass is 9.84. The van der Waals surface area contributed by atoms with E-state index in [1.165, 1.54) is 12.4 Å². The molecule has 1 spiro atoms. The van der Waals surface area contributed by atoms with Gasteiger partial charge in [-0.25, -0.2) is 4.98 Å². The van der Waals surface area contributed by atoms with Crippen molar-refractivity contribution >= 4 is 5.91 Å². The molecule has 0 saturated carbocycles. The highest BCUT2D eigenvalue weighted by Gasteiger charge is 2.49. The largest absolute Gasteiger partial charge is 0.372 e. The standard InChI is InChI=1S/C19H22N4O3/c1-14-3-2-4-15(22-14)11-25-16-5-8-26-19(9-16)12-23(13-19)18(24)17-10-20-6-7-21-17/h2-4,6-7,10,16H,5,8-9,11-13H2,1H3/t16-/m0/s1. The molecule has 0 aliphatic carbocycles. The van der Waals surface area contributed by atoms with Gasteiger partial charge in [0.1, 0.15) is 11.3 Å². The van der Waals surface area contributed by atoms with Gasteiger partial charge in [0.25, 0.3) is 5.91 Å². The normalized spacial score (nSPS) is 21.4. The Morgan fingerprint density at radius 2 is 2.27 bits per heavy atom. The summed E-state index contributed by atoms with van der Waals surface area (Å²) < 4.78 is 12.1. The molecule has 1 atom stereocenters. The van der Waals surface area contributed by atoms with E-state index in [4.69, 9.17) is 9.47 Å². The van der Waals surface area contributed by atoms with Gasteiger partial charge < -0.3 is 14.4 Å². The molecule has 136 valence electrons. The second-order valence-electron chi connectivity index (χ2n) is 6.98. The molecule has 0 unspecified atom stereocenters. The van der Waals surface area contributed by atoms with Gasteiger partial charge in [-0.3, -0.25) is 14.8 Å². The number of likely N-dealkylation sites (tertiary alicyclic amines) is 1. The molecule has 2 fully saturated rings. The van der Waals surface area contributed by atoms with Gasteiger partial charge in [0.05, 0.1) is 37.7 Å². The number of amides is 1. The van der Waals surface area contributed by atoms with Crippen LogP contribution in [0.15, 0.2) is 36.8 Å². The highest BCUT2D eigenvalue weighted by molar-refractivity contribution is 5.92. The number of ether oxygens (including phenoxy) is 2. The summed E-state index contributed by atoms with van der Waals surface area (Å²) in [5.74, 6) is -0.0978. The van der Waals surface area contributed by atoms with E-state index >= 15 is 0 Å². The molecule has 0 bridgehead atoms. The number of carbonyl (C=O) groups excluding carboxylic acids is 1. The summed E-state index contributed by atoms with van der Waals surface area (Å²) in [6, 6.07) is 5.95.